The first-order chi connectivity index (χ1) is 5.15. The maximum absolute atomic E-state index is 9.00. The summed E-state index contributed by atoms with van der Waals surface area (Å²) in [5.41, 5.74) is 0. The van der Waals surface area contributed by atoms with Crippen LogP contribution < -0.4 is 0 Å². The molecule has 0 fully saturated rings. The molecule has 11 heavy (non-hydrogen) atoms. The first-order valence-corrected chi connectivity index (χ1v) is 3.39. The minimum atomic E-state index is -0.833. The predicted molar refractivity (Wildman–Crippen MR) is 43.1 cm³/mol. The maximum atomic E-state index is 9.00. The lowest BCUT2D eigenvalue weighted by Crippen LogP contribution is -1.79. The van der Waals surface area contributed by atoms with Gasteiger partial charge in [-0.15, -0.1) is 12.3 Å². The van der Waals surface area contributed by atoms with Crippen molar-refractivity contribution < 1.29 is 15.0 Å². The Morgan fingerprint density at radius 2 is 2.00 bits per heavy atom. The van der Waals surface area contributed by atoms with Crippen molar-refractivity contribution in [2.75, 3.05) is 6.61 Å². The van der Waals surface area contributed by atoms with Gasteiger partial charge in [0, 0.05) is 20.0 Å². The Labute approximate surface area is 67.0 Å². The molecule has 0 aromatic rings. The Hall–Kier alpha value is -1.01. The Morgan fingerprint density at radius 1 is 1.55 bits per heavy atom. The number of aliphatic carboxylic acids is 1. The van der Waals surface area contributed by atoms with Crippen molar-refractivity contribution in [1.82, 2.24) is 0 Å². The van der Waals surface area contributed by atoms with Crippen LogP contribution in [0.4, 0.5) is 0 Å². The van der Waals surface area contributed by atoms with Crippen LogP contribution in [0.15, 0.2) is 0 Å². The number of hydrogen-bond donors (Lipinski definition) is 2. The smallest absolute Gasteiger partial charge is 0.300 e. The summed E-state index contributed by atoms with van der Waals surface area (Å²) in [6.07, 6.45) is 7.52. The van der Waals surface area contributed by atoms with Crippen LogP contribution >= 0.6 is 0 Å². The second-order valence-corrected chi connectivity index (χ2v) is 1.90. The molecule has 0 amide bonds. The zero-order valence-corrected chi connectivity index (χ0v) is 6.71. The van der Waals surface area contributed by atoms with E-state index in [-0.39, 0.29) is 6.61 Å². The van der Waals surface area contributed by atoms with Gasteiger partial charge in [-0.3, -0.25) is 4.79 Å². The fraction of sp³-hybridized carbons (Fsp3) is 0.625. The van der Waals surface area contributed by atoms with E-state index in [1.165, 1.54) is 0 Å². The van der Waals surface area contributed by atoms with Crippen molar-refractivity contribution in [3.8, 4) is 12.3 Å². The molecular formula is C8H14O3. The van der Waals surface area contributed by atoms with Crippen molar-refractivity contribution in [2.45, 2.75) is 26.2 Å². The van der Waals surface area contributed by atoms with Gasteiger partial charge in [0.2, 0.25) is 0 Å². The fourth-order valence-corrected chi connectivity index (χ4v) is 0.339. The standard InChI is InChI=1S/C6H10O.C2H4O2/c1-2-3-4-5-6-7;1-2(3)4/h1,7H,3-6H2;1H3,(H,3,4). The Morgan fingerprint density at radius 3 is 2.27 bits per heavy atom. The molecule has 0 aromatic heterocycles. The van der Waals surface area contributed by atoms with Crippen LogP contribution in [0.1, 0.15) is 26.2 Å². The van der Waals surface area contributed by atoms with E-state index >= 15 is 0 Å². The summed E-state index contributed by atoms with van der Waals surface area (Å²) in [6.45, 7) is 1.35. The first-order valence-electron chi connectivity index (χ1n) is 3.39. The zero-order valence-electron chi connectivity index (χ0n) is 6.71. The number of carboxylic acids is 1. The van der Waals surface area contributed by atoms with Gasteiger partial charge < -0.3 is 10.2 Å². The molecule has 3 heteroatoms. The number of carbonyl (C=O) groups is 1. The highest BCUT2D eigenvalue weighted by molar-refractivity contribution is 5.62. The number of carboxylic acid groups (broad SMARTS) is 1. The van der Waals surface area contributed by atoms with Crippen molar-refractivity contribution in [1.29, 1.82) is 0 Å². The summed E-state index contributed by atoms with van der Waals surface area (Å²) in [7, 11) is 0. The average Bonchev–Trinajstić information content (AvgIpc) is 1.88. The Balaban J connectivity index is 0. The van der Waals surface area contributed by atoms with Crippen LogP contribution in [-0.4, -0.2) is 22.8 Å². The number of aliphatic hydroxyl groups is 1. The predicted octanol–water partition coefficient (Wildman–Crippen LogP) is 0.873. The van der Waals surface area contributed by atoms with Crippen LogP contribution in [0.5, 0.6) is 0 Å². The first kappa shape index (κ1) is 12.6. The van der Waals surface area contributed by atoms with Gasteiger partial charge in [-0.2, -0.15) is 0 Å². The molecule has 0 atom stereocenters. The number of aliphatic hydroxyl groups excluding tert-OH is 1. The fourth-order valence-electron chi connectivity index (χ4n) is 0.339. The lowest BCUT2D eigenvalue weighted by molar-refractivity contribution is -0.134. The summed E-state index contributed by atoms with van der Waals surface area (Å²) in [4.78, 5) is 9.00. The Kier molecular flexibility index (Phi) is 13.5. The van der Waals surface area contributed by atoms with Gasteiger partial charge in [0.1, 0.15) is 0 Å². The molecule has 3 nitrogen and oxygen atoms in total. The van der Waals surface area contributed by atoms with Gasteiger partial charge in [0.25, 0.3) is 5.97 Å². The van der Waals surface area contributed by atoms with Gasteiger partial charge >= 0.3 is 0 Å². The molecule has 0 bridgehead atoms. The van der Waals surface area contributed by atoms with Gasteiger partial charge in [0.15, 0.2) is 0 Å². The minimum Gasteiger partial charge on any atom is -0.481 e. The van der Waals surface area contributed by atoms with E-state index in [4.69, 9.17) is 21.4 Å². The number of terminal acetylenes is 1. The van der Waals surface area contributed by atoms with E-state index in [2.05, 4.69) is 5.92 Å². The Bertz CT molecular complexity index is 120. The summed E-state index contributed by atoms with van der Waals surface area (Å²) >= 11 is 0. The van der Waals surface area contributed by atoms with Crippen LogP contribution in [-0.2, 0) is 4.79 Å². The van der Waals surface area contributed by atoms with E-state index in [9.17, 15) is 0 Å². The molecule has 64 valence electrons. The highest BCUT2D eigenvalue weighted by Gasteiger charge is 1.78. The molecule has 0 heterocycles. The molecule has 0 saturated heterocycles. The van der Waals surface area contributed by atoms with E-state index in [1.54, 1.807) is 0 Å². The van der Waals surface area contributed by atoms with Crippen molar-refractivity contribution in [3.63, 3.8) is 0 Å². The quantitative estimate of drug-likeness (QED) is 0.473. The second-order valence-electron chi connectivity index (χ2n) is 1.90. The third-order valence-corrected chi connectivity index (χ3v) is 0.729. The molecule has 0 aliphatic heterocycles. The molecular weight excluding hydrogens is 144 g/mol. The SMILES string of the molecule is C#CCCCCO.CC(=O)O. The normalized spacial score (nSPS) is 7.36. The molecule has 0 aliphatic rings. The number of unbranched alkanes of at least 4 members (excludes halogenated alkanes) is 2. The lowest BCUT2D eigenvalue weighted by Gasteiger charge is -1.85. The highest BCUT2D eigenvalue weighted by atomic mass is 16.4. The maximum Gasteiger partial charge on any atom is 0.300 e. The van der Waals surface area contributed by atoms with E-state index < -0.39 is 5.97 Å². The molecule has 0 aliphatic carbocycles. The second kappa shape index (κ2) is 11.7. The summed E-state index contributed by atoms with van der Waals surface area (Å²) < 4.78 is 0. The molecule has 0 saturated carbocycles. The molecule has 0 spiro atoms. The molecule has 0 aromatic carbocycles. The molecule has 2 N–H and O–H groups in total. The van der Waals surface area contributed by atoms with Crippen LogP contribution in [0.2, 0.25) is 0 Å². The zero-order chi connectivity index (χ0) is 9.11. The van der Waals surface area contributed by atoms with Gasteiger partial charge in [-0.05, 0) is 12.8 Å². The summed E-state index contributed by atoms with van der Waals surface area (Å²) in [6, 6.07) is 0. The van der Waals surface area contributed by atoms with Crippen LogP contribution in [0, 0.1) is 12.3 Å². The van der Waals surface area contributed by atoms with Gasteiger partial charge in [0.05, 0.1) is 0 Å². The van der Waals surface area contributed by atoms with Gasteiger partial charge in [-0.1, -0.05) is 0 Å². The summed E-state index contributed by atoms with van der Waals surface area (Å²) in [5.74, 6) is 1.66. The van der Waals surface area contributed by atoms with Crippen LogP contribution in [0.3, 0.4) is 0 Å². The lowest BCUT2D eigenvalue weighted by atomic mass is 10.2. The average molecular weight is 158 g/mol. The summed E-state index contributed by atoms with van der Waals surface area (Å²) in [5, 5.41) is 15.6. The highest BCUT2D eigenvalue weighted by Crippen LogP contribution is 1.89. The van der Waals surface area contributed by atoms with E-state index in [1.807, 2.05) is 0 Å². The molecule has 0 rings (SSSR count). The number of rotatable bonds is 3. The largest absolute Gasteiger partial charge is 0.481 e. The van der Waals surface area contributed by atoms with Crippen molar-refractivity contribution in [3.05, 3.63) is 0 Å². The third-order valence-electron chi connectivity index (χ3n) is 0.729. The van der Waals surface area contributed by atoms with Crippen molar-refractivity contribution in [2.24, 2.45) is 0 Å². The van der Waals surface area contributed by atoms with Crippen LogP contribution in [0.25, 0.3) is 0 Å². The molecule has 0 radical (unpaired) electrons. The number of hydrogen-bond acceptors (Lipinski definition) is 2. The monoisotopic (exact) mass is 158 g/mol. The molecule has 0 unspecified atom stereocenters. The third kappa shape index (κ3) is 49.1. The van der Waals surface area contributed by atoms with Crippen molar-refractivity contribution >= 4 is 5.97 Å². The van der Waals surface area contributed by atoms with E-state index in [0.717, 1.165) is 26.2 Å². The minimum absolute atomic E-state index is 0.266. The van der Waals surface area contributed by atoms with E-state index in [0.29, 0.717) is 0 Å². The van der Waals surface area contributed by atoms with Gasteiger partial charge in [-0.25, -0.2) is 0 Å². The topological polar surface area (TPSA) is 57.5 Å².